The van der Waals surface area contributed by atoms with Gasteiger partial charge in [0.05, 0.1) is 6.10 Å². The van der Waals surface area contributed by atoms with Crippen LogP contribution in [0, 0.1) is 0 Å². The number of benzene rings is 1. The van der Waals surface area contributed by atoms with Crippen molar-refractivity contribution in [1.82, 2.24) is 0 Å². The van der Waals surface area contributed by atoms with Gasteiger partial charge in [0, 0.05) is 17.7 Å². The molecule has 1 rings (SSSR count). The molecule has 0 aliphatic heterocycles. The zero-order chi connectivity index (χ0) is 10.0. The van der Waals surface area contributed by atoms with E-state index in [1.807, 2.05) is 0 Å². The van der Waals surface area contributed by atoms with E-state index in [9.17, 15) is 10.2 Å². The Labute approximate surface area is 76.2 Å². The van der Waals surface area contributed by atoms with Crippen LogP contribution in [0.2, 0.25) is 0 Å². The first-order chi connectivity index (χ1) is 6.02. The van der Waals surface area contributed by atoms with Crippen LogP contribution in [0.25, 0.3) is 0 Å². The van der Waals surface area contributed by atoms with Crippen molar-refractivity contribution in [3.63, 3.8) is 0 Å². The molecule has 1 aromatic rings. The van der Waals surface area contributed by atoms with Gasteiger partial charge >= 0.3 is 0 Å². The smallest absolute Gasteiger partial charge is 0.125 e. The molecule has 0 bridgehead atoms. The van der Waals surface area contributed by atoms with Crippen LogP contribution in [0.5, 0.6) is 11.5 Å². The lowest BCUT2D eigenvalue weighted by Gasteiger charge is -2.15. The number of aliphatic hydroxyl groups excluding tert-OH is 1. The second-order valence-corrected chi connectivity index (χ2v) is 3.05. The van der Waals surface area contributed by atoms with Gasteiger partial charge in [0.2, 0.25) is 0 Å². The Balaban J connectivity index is 3.01. The van der Waals surface area contributed by atoms with Crippen LogP contribution >= 0.6 is 0 Å². The summed E-state index contributed by atoms with van der Waals surface area (Å²) < 4.78 is 0. The Hall–Kier alpha value is -1.26. The molecular formula is C9H13NO3. The third kappa shape index (κ3) is 2.11. The SMILES string of the molecule is C[C@@H](N)[C@H](O)c1ccc(O)cc1O. The lowest BCUT2D eigenvalue weighted by molar-refractivity contribution is 0.150. The highest BCUT2D eigenvalue weighted by molar-refractivity contribution is 5.40. The predicted molar refractivity (Wildman–Crippen MR) is 48.4 cm³/mol. The van der Waals surface area contributed by atoms with Crippen molar-refractivity contribution in [3.05, 3.63) is 23.8 Å². The third-order valence-electron chi connectivity index (χ3n) is 1.83. The Morgan fingerprint density at radius 3 is 2.38 bits per heavy atom. The van der Waals surface area contributed by atoms with Crippen LogP contribution in [0.1, 0.15) is 18.6 Å². The van der Waals surface area contributed by atoms with Gasteiger partial charge in [-0.1, -0.05) is 0 Å². The van der Waals surface area contributed by atoms with Crippen molar-refractivity contribution in [1.29, 1.82) is 0 Å². The molecule has 4 nitrogen and oxygen atoms in total. The van der Waals surface area contributed by atoms with Crippen LogP contribution in [-0.4, -0.2) is 21.4 Å². The molecular weight excluding hydrogens is 170 g/mol. The number of aliphatic hydroxyl groups is 1. The Morgan fingerprint density at radius 1 is 1.31 bits per heavy atom. The largest absolute Gasteiger partial charge is 0.508 e. The molecule has 13 heavy (non-hydrogen) atoms. The number of aromatic hydroxyl groups is 2. The van der Waals surface area contributed by atoms with Gasteiger partial charge in [-0.05, 0) is 19.1 Å². The molecule has 0 saturated carbocycles. The van der Waals surface area contributed by atoms with E-state index in [4.69, 9.17) is 10.8 Å². The molecule has 0 saturated heterocycles. The summed E-state index contributed by atoms with van der Waals surface area (Å²) in [6, 6.07) is 3.54. The molecule has 5 N–H and O–H groups in total. The van der Waals surface area contributed by atoms with Gasteiger partial charge in [-0.25, -0.2) is 0 Å². The van der Waals surface area contributed by atoms with E-state index >= 15 is 0 Å². The summed E-state index contributed by atoms with van der Waals surface area (Å²) in [4.78, 5) is 0. The van der Waals surface area contributed by atoms with Gasteiger partial charge in [-0.3, -0.25) is 0 Å². The molecule has 0 amide bonds. The first kappa shape index (κ1) is 9.83. The van der Waals surface area contributed by atoms with E-state index in [0.29, 0.717) is 5.56 Å². The summed E-state index contributed by atoms with van der Waals surface area (Å²) in [6.45, 7) is 1.64. The fourth-order valence-corrected chi connectivity index (χ4v) is 1.07. The van der Waals surface area contributed by atoms with E-state index in [-0.39, 0.29) is 11.5 Å². The summed E-state index contributed by atoms with van der Waals surface area (Å²) in [6.07, 6.45) is -0.916. The van der Waals surface area contributed by atoms with E-state index in [0.717, 1.165) is 0 Å². The van der Waals surface area contributed by atoms with Gasteiger partial charge in [-0.2, -0.15) is 0 Å². The van der Waals surface area contributed by atoms with Crippen LogP contribution in [0.15, 0.2) is 18.2 Å². The minimum atomic E-state index is -0.916. The Kier molecular flexibility index (Phi) is 2.75. The van der Waals surface area contributed by atoms with Crippen molar-refractivity contribution in [2.24, 2.45) is 5.73 Å². The number of rotatable bonds is 2. The topological polar surface area (TPSA) is 86.7 Å². The van der Waals surface area contributed by atoms with Gasteiger partial charge in [-0.15, -0.1) is 0 Å². The number of phenolic OH excluding ortho intramolecular Hbond substituents is 2. The molecule has 0 aliphatic rings. The summed E-state index contributed by atoms with van der Waals surface area (Å²) in [5.74, 6) is -0.192. The lowest BCUT2D eigenvalue weighted by Crippen LogP contribution is -2.24. The predicted octanol–water partition coefficient (Wildman–Crippen LogP) is 0.478. The highest BCUT2D eigenvalue weighted by Crippen LogP contribution is 2.28. The maximum Gasteiger partial charge on any atom is 0.125 e. The van der Waals surface area contributed by atoms with Crippen molar-refractivity contribution >= 4 is 0 Å². The number of nitrogens with two attached hydrogens (primary N) is 1. The highest BCUT2D eigenvalue weighted by atomic mass is 16.3. The number of hydrogen-bond acceptors (Lipinski definition) is 4. The summed E-state index contributed by atoms with van der Waals surface area (Å²) in [7, 11) is 0. The molecule has 72 valence electrons. The lowest BCUT2D eigenvalue weighted by atomic mass is 10.0. The van der Waals surface area contributed by atoms with Gasteiger partial charge < -0.3 is 21.1 Å². The highest BCUT2D eigenvalue weighted by Gasteiger charge is 2.16. The van der Waals surface area contributed by atoms with E-state index in [1.54, 1.807) is 6.92 Å². The first-order valence-electron chi connectivity index (χ1n) is 3.98. The average molecular weight is 183 g/mol. The van der Waals surface area contributed by atoms with Crippen molar-refractivity contribution in [2.45, 2.75) is 19.1 Å². The molecule has 4 heteroatoms. The van der Waals surface area contributed by atoms with E-state index in [2.05, 4.69) is 0 Å². The minimum Gasteiger partial charge on any atom is -0.508 e. The average Bonchev–Trinajstić information content (AvgIpc) is 2.03. The van der Waals surface area contributed by atoms with Crippen molar-refractivity contribution in [2.75, 3.05) is 0 Å². The quantitative estimate of drug-likeness (QED) is 0.537. The summed E-state index contributed by atoms with van der Waals surface area (Å²) in [5, 5.41) is 27.8. The van der Waals surface area contributed by atoms with Crippen molar-refractivity contribution in [3.8, 4) is 11.5 Å². The molecule has 0 unspecified atom stereocenters. The summed E-state index contributed by atoms with van der Waals surface area (Å²) in [5.41, 5.74) is 5.78. The fourth-order valence-electron chi connectivity index (χ4n) is 1.07. The fraction of sp³-hybridized carbons (Fsp3) is 0.333. The van der Waals surface area contributed by atoms with Gasteiger partial charge in [0.15, 0.2) is 0 Å². The molecule has 2 atom stereocenters. The Morgan fingerprint density at radius 2 is 1.92 bits per heavy atom. The first-order valence-corrected chi connectivity index (χ1v) is 3.98. The number of hydrogen-bond donors (Lipinski definition) is 4. The van der Waals surface area contributed by atoms with E-state index < -0.39 is 12.1 Å². The monoisotopic (exact) mass is 183 g/mol. The summed E-state index contributed by atoms with van der Waals surface area (Å²) >= 11 is 0. The maximum atomic E-state index is 9.50. The molecule has 0 aliphatic carbocycles. The van der Waals surface area contributed by atoms with Crippen LogP contribution in [0.3, 0.4) is 0 Å². The molecule has 0 fully saturated rings. The maximum absolute atomic E-state index is 9.50. The minimum absolute atomic E-state index is 0.0434. The third-order valence-corrected chi connectivity index (χ3v) is 1.83. The van der Waals surface area contributed by atoms with E-state index in [1.165, 1.54) is 18.2 Å². The van der Waals surface area contributed by atoms with Crippen molar-refractivity contribution < 1.29 is 15.3 Å². The second kappa shape index (κ2) is 3.64. The molecule has 0 heterocycles. The molecule has 1 aromatic carbocycles. The van der Waals surface area contributed by atoms with Gasteiger partial charge in [0.25, 0.3) is 0 Å². The van der Waals surface area contributed by atoms with Crippen LogP contribution < -0.4 is 5.73 Å². The van der Waals surface area contributed by atoms with Crippen LogP contribution in [-0.2, 0) is 0 Å². The van der Waals surface area contributed by atoms with Gasteiger partial charge in [0.1, 0.15) is 11.5 Å². The molecule has 0 radical (unpaired) electrons. The molecule has 0 aromatic heterocycles. The number of phenols is 2. The second-order valence-electron chi connectivity index (χ2n) is 3.05. The normalized spacial score (nSPS) is 15.3. The standard InChI is InChI=1S/C9H13NO3/c1-5(10)9(13)7-3-2-6(11)4-8(7)12/h2-5,9,11-13H,10H2,1H3/t5-,9+/m1/s1. The Bertz CT molecular complexity index is 299. The zero-order valence-electron chi connectivity index (χ0n) is 7.31. The zero-order valence-corrected chi connectivity index (χ0v) is 7.31. The molecule has 0 spiro atoms. The van der Waals surface area contributed by atoms with Crippen LogP contribution in [0.4, 0.5) is 0 Å².